The molecule has 0 spiro atoms. The highest BCUT2D eigenvalue weighted by molar-refractivity contribution is 5.90. The van der Waals surface area contributed by atoms with Crippen molar-refractivity contribution in [2.24, 2.45) is 5.92 Å². The number of carbonyl (C=O) groups excluding carboxylic acids is 1. The summed E-state index contributed by atoms with van der Waals surface area (Å²) in [5.41, 5.74) is 3.00. The van der Waals surface area contributed by atoms with Gasteiger partial charge in [-0.25, -0.2) is 15.3 Å². The van der Waals surface area contributed by atoms with Crippen LogP contribution >= 0.6 is 0 Å². The fourth-order valence-electron chi connectivity index (χ4n) is 4.27. The number of nitrogens with one attached hydrogen (secondary N) is 2. The number of anilines is 1. The summed E-state index contributed by atoms with van der Waals surface area (Å²) in [5.74, 6) is 1.22. The summed E-state index contributed by atoms with van der Waals surface area (Å²) >= 11 is 0. The molecule has 1 amide bonds. The zero-order chi connectivity index (χ0) is 21.9. The van der Waals surface area contributed by atoms with Crippen LogP contribution < -0.4 is 10.8 Å². The molecule has 8 nitrogen and oxygen atoms in total. The van der Waals surface area contributed by atoms with Gasteiger partial charge in [0.05, 0.1) is 18.1 Å². The first-order valence-electron chi connectivity index (χ1n) is 11.6. The second kappa shape index (κ2) is 12.7. The summed E-state index contributed by atoms with van der Waals surface area (Å²) in [5, 5.41) is 3.41. The van der Waals surface area contributed by atoms with Gasteiger partial charge in [-0.1, -0.05) is 19.3 Å². The predicted molar refractivity (Wildman–Crippen MR) is 121 cm³/mol. The molecule has 2 N–H and O–H groups in total. The minimum Gasteiger partial charge on any atom is -0.365 e. The zero-order valence-electron chi connectivity index (χ0n) is 18.9. The van der Waals surface area contributed by atoms with Crippen molar-refractivity contribution >= 4 is 17.8 Å². The monoisotopic (exact) mass is 431 g/mol. The number of hydrogen-bond donors (Lipinski definition) is 2. The average molecular weight is 432 g/mol. The first-order chi connectivity index (χ1) is 15.1. The van der Waals surface area contributed by atoms with Gasteiger partial charge in [0, 0.05) is 38.2 Å². The fourth-order valence-corrected chi connectivity index (χ4v) is 4.27. The Labute approximate surface area is 185 Å². The molecule has 1 aliphatic carbocycles. The summed E-state index contributed by atoms with van der Waals surface area (Å²) in [6, 6.07) is 0.272. The maximum absolute atomic E-state index is 11.9. The lowest BCUT2D eigenvalue weighted by atomic mass is 9.89. The molecule has 0 radical (unpaired) electrons. The van der Waals surface area contributed by atoms with E-state index in [1.165, 1.54) is 44.7 Å². The highest BCUT2D eigenvalue weighted by Crippen LogP contribution is 2.24. The number of nitrogens with zero attached hydrogens (tertiary/aromatic N) is 3. The van der Waals surface area contributed by atoms with Crippen LogP contribution in [0.5, 0.6) is 0 Å². The van der Waals surface area contributed by atoms with Gasteiger partial charge in [-0.3, -0.25) is 9.78 Å². The van der Waals surface area contributed by atoms with Crippen molar-refractivity contribution in [1.82, 2.24) is 20.3 Å². The van der Waals surface area contributed by atoms with Crippen molar-refractivity contribution in [2.45, 2.75) is 70.6 Å². The van der Waals surface area contributed by atoms with E-state index in [4.69, 9.17) is 9.57 Å². The lowest BCUT2D eigenvalue weighted by Crippen LogP contribution is -2.36. The Morgan fingerprint density at radius 1 is 1.23 bits per heavy atom. The Morgan fingerprint density at radius 2 is 2.03 bits per heavy atom. The molecule has 1 saturated heterocycles. The Kier molecular flexibility index (Phi) is 9.71. The largest absolute Gasteiger partial charge is 0.365 e. The van der Waals surface area contributed by atoms with Gasteiger partial charge in [0.25, 0.3) is 5.91 Å². The molecule has 1 aromatic heterocycles. The standard InChI is InChI=1S/C23H37N5O3/c1-18(16-28(2)17-19-8-4-3-5-9-19)26-21-15-24-20(14-25-21)11-12-22(29)27-31-23-10-6-7-13-30-23/h11-12,14-15,18-19,23H,3-10,13,16-17H2,1-2H3,(H,25,26)(H,27,29)/t18-,23?/m1/s1. The molecule has 31 heavy (non-hydrogen) atoms. The highest BCUT2D eigenvalue weighted by atomic mass is 16.8. The SMILES string of the molecule is C[C@H](CN(C)CC1CCCCC1)Nc1cnc(C=CC(=O)NOC2CCCCO2)cn1. The van der Waals surface area contributed by atoms with Crippen LogP contribution in [-0.2, 0) is 14.4 Å². The topological polar surface area (TPSA) is 88.6 Å². The summed E-state index contributed by atoms with van der Waals surface area (Å²) < 4.78 is 5.40. The van der Waals surface area contributed by atoms with E-state index in [-0.39, 0.29) is 18.2 Å². The number of hydrogen-bond acceptors (Lipinski definition) is 7. The molecule has 8 heteroatoms. The number of carbonyl (C=O) groups is 1. The van der Waals surface area contributed by atoms with Crippen LogP contribution in [0.2, 0.25) is 0 Å². The van der Waals surface area contributed by atoms with Gasteiger partial charge in [-0.2, -0.15) is 0 Å². The fraction of sp³-hybridized carbons (Fsp3) is 0.696. The smallest absolute Gasteiger partial charge is 0.267 e. The van der Waals surface area contributed by atoms with Gasteiger partial charge in [0.15, 0.2) is 6.29 Å². The molecule has 0 aromatic carbocycles. The van der Waals surface area contributed by atoms with Crippen molar-refractivity contribution < 1.29 is 14.4 Å². The number of rotatable bonds is 10. The average Bonchev–Trinajstić information content (AvgIpc) is 2.78. The third kappa shape index (κ3) is 8.93. The molecule has 3 rings (SSSR count). The van der Waals surface area contributed by atoms with E-state index in [1.54, 1.807) is 18.5 Å². The van der Waals surface area contributed by atoms with Crippen molar-refractivity contribution in [2.75, 3.05) is 32.1 Å². The molecule has 1 unspecified atom stereocenters. The molecular weight excluding hydrogens is 394 g/mol. The third-order valence-electron chi connectivity index (χ3n) is 5.78. The zero-order valence-corrected chi connectivity index (χ0v) is 18.9. The number of hydroxylamine groups is 1. The number of aromatic nitrogens is 2. The summed E-state index contributed by atoms with van der Waals surface area (Å²) in [6.07, 6.45) is 15.7. The van der Waals surface area contributed by atoms with E-state index in [0.29, 0.717) is 12.3 Å². The molecule has 0 bridgehead atoms. The maximum atomic E-state index is 11.9. The molecule has 2 heterocycles. The molecular formula is C23H37N5O3. The Bertz CT molecular complexity index is 685. The lowest BCUT2D eigenvalue weighted by molar-refractivity contribution is -0.198. The number of likely N-dealkylation sites (N-methyl/N-ethyl adjacent to an activating group) is 1. The van der Waals surface area contributed by atoms with Crippen LogP contribution in [0.4, 0.5) is 5.82 Å². The van der Waals surface area contributed by atoms with Crippen molar-refractivity contribution in [3.63, 3.8) is 0 Å². The van der Waals surface area contributed by atoms with Gasteiger partial charge in [-0.05, 0) is 51.6 Å². The van der Waals surface area contributed by atoms with E-state index < -0.39 is 0 Å². The van der Waals surface area contributed by atoms with Crippen LogP contribution in [0.25, 0.3) is 6.08 Å². The Hall–Kier alpha value is -2.03. The van der Waals surface area contributed by atoms with Crippen molar-refractivity contribution in [3.05, 3.63) is 24.2 Å². The van der Waals surface area contributed by atoms with Gasteiger partial charge in [0.2, 0.25) is 0 Å². The third-order valence-corrected chi connectivity index (χ3v) is 5.78. The van der Waals surface area contributed by atoms with E-state index in [1.807, 2.05) is 0 Å². The second-order valence-electron chi connectivity index (χ2n) is 8.81. The molecule has 2 atom stereocenters. The van der Waals surface area contributed by atoms with Crippen molar-refractivity contribution in [3.8, 4) is 0 Å². The first-order valence-corrected chi connectivity index (χ1v) is 11.6. The summed E-state index contributed by atoms with van der Waals surface area (Å²) in [7, 11) is 2.20. The molecule has 1 saturated carbocycles. The number of ether oxygens (including phenoxy) is 1. The Balaban J connectivity index is 1.36. The van der Waals surface area contributed by atoms with Crippen LogP contribution in [-0.4, -0.2) is 59.9 Å². The number of amides is 1. The quantitative estimate of drug-likeness (QED) is 0.434. The van der Waals surface area contributed by atoms with Gasteiger partial charge >= 0.3 is 0 Å². The minimum atomic E-state index is -0.361. The van der Waals surface area contributed by atoms with Crippen LogP contribution in [0, 0.1) is 5.92 Å². The van der Waals surface area contributed by atoms with Crippen LogP contribution in [0.1, 0.15) is 64.0 Å². The summed E-state index contributed by atoms with van der Waals surface area (Å²) in [4.78, 5) is 28.3. The lowest BCUT2D eigenvalue weighted by Gasteiger charge is -2.29. The first kappa shape index (κ1) is 23.6. The second-order valence-corrected chi connectivity index (χ2v) is 8.81. The van der Waals surface area contributed by atoms with E-state index in [9.17, 15) is 4.79 Å². The Morgan fingerprint density at radius 3 is 2.74 bits per heavy atom. The predicted octanol–water partition coefficient (Wildman–Crippen LogP) is 3.38. The van der Waals surface area contributed by atoms with Crippen LogP contribution in [0.3, 0.4) is 0 Å². The molecule has 2 fully saturated rings. The van der Waals surface area contributed by atoms with Gasteiger partial charge in [-0.15, -0.1) is 0 Å². The highest BCUT2D eigenvalue weighted by Gasteiger charge is 2.17. The van der Waals surface area contributed by atoms with E-state index >= 15 is 0 Å². The molecule has 1 aromatic rings. The summed E-state index contributed by atoms with van der Waals surface area (Å²) in [6.45, 7) is 4.96. The molecule has 172 valence electrons. The minimum absolute atomic E-state index is 0.272. The van der Waals surface area contributed by atoms with E-state index in [0.717, 1.165) is 37.5 Å². The molecule has 2 aliphatic rings. The van der Waals surface area contributed by atoms with Gasteiger partial charge in [0.1, 0.15) is 5.82 Å². The van der Waals surface area contributed by atoms with Crippen LogP contribution in [0.15, 0.2) is 18.5 Å². The van der Waals surface area contributed by atoms with Crippen molar-refractivity contribution in [1.29, 1.82) is 0 Å². The van der Waals surface area contributed by atoms with Gasteiger partial charge < -0.3 is 15.0 Å². The molecule has 1 aliphatic heterocycles. The maximum Gasteiger partial charge on any atom is 0.267 e. The normalized spacial score (nSPS) is 21.3. The van der Waals surface area contributed by atoms with E-state index in [2.05, 4.69) is 39.6 Å².